The predicted octanol–water partition coefficient (Wildman–Crippen LogP) is 3.53. The highest BCUT2D eigenvalue weighted by Gasteiger charge is 2.21. The Kier molecular flexibility index (Phi) is 5.67. The quantitative estimate of drug-likeness (QED) is 0.797. The van der Waals surface area contributed by atoms with E-state index in [-0.39, 0.29) is 0 Å². The molecule has 0 fully saturated rings. The van der Waals surface area contributed by atoms with Gasteiger partial charge in [-0.15, -0.1) is 0 Å². The topological polar surface area (TPSA) is 24.4 Å². The summed E-state index contributed by atoms with van der Waals surface area (Å²) < 4.78 is 0. The first kappa shape index (κ1) is 13.9. The second-order valence-corrected chi connectivity index (χ2v) is 6.58. The van der Waals surface area contributed by atoms with Crippen molar-refractivity contribution < 1.29 is 0 Å². The van der Waals surface area contributed by atoms with Crippen molar-refractivity contribution in [2.75, 3.05) is 5.75 Å². The molecule has 0 radical (unpaired) electrons. The van der Waals surface area contributed by atoms with E-state index in [1.807, 2.05) is 11.8 Å². The summed E-state index contributed by atoms with van der Waals surface area (Å²) in [7, 11) is 0. The molecule has 0 aliphatic carbocycles. The van der Waals surface area contributed by atoms with Gasteiger partial charge in [0.2, 0.25) is 0 Å². The summed E-state index contributed by atoms with van der Waals surface area (Å²) in [4.78, 5) is 4.72. The van der Waals surface area contributed by atoms with Crippen molar-refractivity contribution in [3.63, 3.8) is 0 Å². The van der Waals surface area contributed by atoms with Crippen molar-refractivity contribution in [1.82, 2.24) is 5.32 Å². The van der Waals surface area contributed by atoms with Crippen LogP contribution in [0.1, 0.15) is 47.5 Å². The van der Waals surface area contributed by atoms with Crippen LogP contribution in [0.3, 0.4) is 0 Å². The van der Waals surface area contributed by atoms with Crippen molar-refractivity contribution in [3.05, 3.63) is 0 Å². The van der Waals surface area contributed by atoms with Crippen molar-refractivity contribution in [3.8, 4) is 0 Å². The fourth-order valence-electron chi connectivity index (χ4n) is 1.68. The average Bonchev–Trinajstić information content (AvgIpc) is 2.63. The van der Waals surface area contributed by atoms with Gasteiger partial charge in [-0.05, 0) is 31.6 Å². The third-order valence-electron chi connectivity index (χ3n) is 2.99. The van der Waals surface area contributed by atoms with Crippen LogP contribution in [-0.2, 0) is 0 Å². The van der Waals surface area contributed by atoms with Crippen molar-refractivity contribution in [2.45, 2.75) is 59.5 Å². The normalized spacial score (nSPS) is 22.7. The Morgan fingerprint density at radius 3 is 2.44 bits per heavy atom. The Morgan fingerprint density at radius 2 is 1.94 bits per heavy atom. The van der Waals surface area contributed by atoms with Gasteiger partial charge < -0.3 is 5.32 Å². The lowest BCUT2D eigenvalue weighted by molar-refractivity contribution is 0.492. The molecule has 2 nitrogen and oxygen atoms in total. The van der Waals surface area contributed by atoms with Crippen LogP contribution in [0.4, 0.5) is 0 Å². The summed E-state index contributed by atoms with van der Waals surface area (Å²) in [6.07, 6.45) is 2.53. The van der Waals surface area contributed by atoms with Gasteiger partial charge >= 0.3 is 0 Å². The first-order valence-corrected chi connectivity index (χ1v) is 7.44. The van der Waals surface area contributed by atoms with Gasteiger partial charge in [0.05, 0.1) is 6.04 Å². The second-order valence-electron chi connectivity index (χ2n) is 5.57. The maximum atomic E-state index is 4.72. The Hall–Kier alpha value is -0.180. The highest BCUT2D eigenvalue weighted by Crippen LogP contribution is 2.22. The smallest absolute Gasteiger partial charge is 0.157 e. The molecule has 1 heterocycles. The molecule has 0 saturated heterocycles. The largest absolute Gasteiger partial charge is 0.362 e. The van der Waals surface area contributed by atoms with Gasteiger partial charge in [-0.3, -0.25) is 4.99 Å². The van der Waals surface area contributed by atoms with E-state index in [0.717, 1.165) is 16.8 Å². The molecule has 0 aromatic rings. The molecular formula is C13H26N2S. The second kappa shape index (κ2) is 6.53. The van der Waals surface area contributed by atoms with Crippen LogP contribution >= 0.6 is 11.8 Å². The third kappa shape index (κ3) is 4.77. The fourth-order valence-corrected chi connectivity index (χ4v) is 2.96. The van der Waals surface area contributed by atoms with Gasteiger partial charge in [0.1, 0.15) is 0 Å². The molecule has 1 rings (SSSR count). The molecule has 1 aliphatic heterocycles. The summed E-state index contributed by atoms with van der Waals surface area (Å²) in [6.45, 7) is 11.3. The maximum Gasteiger partial charge on any atom is 0.157 e. The number of aliphatic imine (C=N–C) groups is 1. The lowest BCUT2D eigenvalue weighted by Crippen LogP contribution is -2.30. The molecule has 1 N–H and O–H groups in total. The SMILES string of the molecule is CC(C)CCC(C)NC1=NC(C(C)C)CS1. The minimum absolute atomic E-state index is 0.518. The van der Waals surface area contributed by atoms with Crippen LogP contribution in [0.15, 0.2) is 4.99 Å². The van der Waals surface area contributed by atoms with Crippen LogP contribution in [-0.4, -0.2) is 23.0 Å². The molecule has 16 heavy (non-hydrogen) atoms. The first-order chi connectivity index (χ1) is 7.49. The van der Waals surface area contributed by atoms with Crippen LogP contribution in [0.25, 0.3) is 0 Å². The van der Waals surface area contributed by atoms with Crippen LogP contribution < -0.4 is 5.32 Å². The minimum atomic E-state index is 0.518. The lowest BCUT2D eigenvalue weighted by Gasteiger charge is -2.15. The molecule has 0 aromatic carbocycles. The van der Waals surface area contributed by atoms with E-state index in [1.54, 1.807) is 0 Å². The molecule has 0 amide bonds. The zero-order chi connectivity index (χ0) is 12.1. The predicted molar refractivity (Wildman–Crippen MR) is 75.2 cm³/mol. The maximum absolute atomic E-state index is 4.72. The highest BCUT2D eigenvalue weighted by molar-refractivity contribution is 8.14. The third-order valence-corrected chi connectivity index (χ3v) is 4.00. The van der Waals surface area contributed by atoms with E-state index in [2.05, 4.69) is 39.9 Å². The molecule has 0 bridgehead atoms. The van der Waals surface area contributed by atoms with Gasteiger partial charge in [0.15, 0.2) is 5.17 Å². The molecule has 2 unspecified atom stereocenters. The Morgan fingerprint density at radius 1 is 1.25 bits per heavy atom. The number of hydrogen-bond donors (Lipinski definition) is 1. The van der Waals surface area contributed by atoms with E-state index < -0.39 is 0 Å². The van der Waals surface area contributed by atoms with E-state index in [1.165, 1.54) is 12.8 Å². The van der Waals surface area contributed by atoms with Crippen LogP contribution in [0, 0.1) is 11.8 Å². The van der Waals surface area contributed by atoms with Gasteiger partial charge in [-0.2, -0.15) is 0 Å². The molecule has 0 spiro atoms. The van der Waals surface area contributed by atoms with Crippen LogP contribution in [0.5, 0.6) is 0 Å². The van der Waals surface area contributed by atoms with Crippen molar-refractivity contribution >= 4 is 16.9 Å². The molecular weight excluding hydrogens is 216 g/mol. The zero-order valence-corrected chi connectivity index (χ0v) is 12.1. The minimum Gasteiger partial charge on any atom is -0.362 e. The molecule has 94 valence electrons. The first-order valence-electron chi connectivity index (χ1n) is 6.46. The molecule has 0 aromatic heterocycles. The summed E-state index contributed by atoms with van der Waals surface area (Å²) in [5, 5.41) is 4.69. The number of nitrogens with zero attached hydrogens (tertiary/aromatic N) is 1. The number of amidine groups is 1. The summed E-state index contributed by atoms with van der Waals surface area (Å²) in [5.74, 6) is 2.61. The van der Waals surface area contributed by atoms with Gasteiger partial charge in [0.25, 0.3) is 0 Å². The molecule has 1 aliphatic rings. The van der Waals surface area contributed by atoms with Crippen molar-refractivity contribution in [1.29, 1.82) is 0 Å². The highest BCUT2D eigenvalue weighted by atomic mass is 32.2. The van der Waals surface area contributed by atoms with E-state index >= 15 is 0 Å². The van der Waals surface area contributed by atoms with Crippen LogP contribution in [0.2, 0.25) is 0 Å². The number of nitrogens with one attached hydrogen (secondary N) is 1. The van der Waals surface area contributed by atoms with Gasteiger partial charge in [-0.25, -0.2) is 0 Å². The summed E-state index contributed by atoms with van der Waals surface area (Å²) >= 11 is 1.88. The van der Waals surface area contributed by atoms with E-state index in [4.69, 9.17) is 4.99 Å². The Bertz CT molecular complexity index is 236. The van der Waals surface area contributed by atoms with Gasteiger partial charge in [0, 0.05) is 11.8 Å². The standard InChI is InChI=1S/C13H26N2S/c1-9(2)6-7-11(5)14-13-15-12(8-16-13)10(3)4/h9-12H,6-8H2,1-5H3,(H,14,15). The zero-order valence-electron chi connectivity index (χ0n) is 11.3. The average molecular weight is 242 g/mol. The van der Waals surface area contributed by atoms with E-state index in [0.29, 0.717) is 18.0 Å². The number of hydrogen-bond acceptors (Lipinski definition) is 3. The van der Waals surface area contributed by atoms with Gasteiger partial charge in [-0.1, -0.05) is 39.5 Å². The molecule has 3 heteroatoms. The summed E-state index contributed by atoms with van der Waals surface area (Å²) in [5.41, 5.74) is 0. The molecule has 0 saturated carbocycles. The summed E-state index contributed by atoms with van der Waals surface area (Å²) in [6, 6.07) is 1.07. The molecule has 2 atom stereocenters. The lowest BCUT2D eigenvalue weighted by atomic mass is 10.0. The Balaban J connectivity index is 2.29. The fraction of sp³-hybridized carbons (Fsp3) is 0.923. The number of rotatable bonds is 5. The van der Waals surface area contributed by atoms with E-state index in [9.17, 15) is 0 Å². The number of thioether (sulfide) groups is 1. The monoisotopic (exact) mass is 242 g/mol. The van der Waals surface area contributed by atoms with Crippen molar-refractivity contribution in [2.24, 2.45) is 16.8 Å². The Labute approximate surface area is 105 Å².